The van der Waals surface area contributed by atoms with Crippen LogP contribution in [-0.4, -0.2) is 181 Å². The molecule has 0 radical (unpaired) electrons. The van der Waals surface area contributed by atoms with E-state index in [2.05, 4.69) is 91.0 Å². The zero-order chi connectivity index (χ0) is 66.5. The average molecular weight is 1300 g/mol. The van der Waals surface area contributed by atoms with E-state index in [-0.39, 0.29) is 79.3 Å². The molecule has 1 fully saturated rings. The Morgan fingerprint density at radius 2 is 1.12 bits per heavy atom. The minimum Gasteiger partial charge on any atom is -0.618 e. The average Bonchev–Trinajstić information content (AvgIpc) is 1.58. The summed E-state index contributed by atoms with van der Waals surface area (Å²) in [7, 11) is 1.96. The predicted molar refractivity (Wildman–Crippen MR) is 355 cm³/mol. The van der Waals surface area contributed by atoms with Crippen molar-refractivity contribution >= 4 is 80.8 Å². The van der Waals surface area contributed by atoms with Crippen molar-refractivity contribution in [3.63, 3.8) is 0 Å². The summed E-state index contributed by atoms with van der Waals surface area (Å²) in [5.41, 5.74) is 11.3. The summed E-state index contributed by atoms with van der Waals surface area (Å²) in [5.74, 6) is -2.98. The smallest absolute Gasteiger partial charge is 0.405 e. The third-order valence-corrected chi connectivity index (χ3v) is 21.0. The molecule has 6 unspecified atom stereocenters. The number of hydrogen-bond acceptors (Lipinski definition) is 16. The SMILES string of the molecule is COC1=C2C=[N+]([O-])C3=CC=C(c4ccc(NC(=O)C(C)NC(=O)C(OC(N)=O)C(C)C)cc4)CC3C(=O)[N+]2(COCC[Si](C)(C)C)C=C1OCCCOC1=C[N+]2(COCC[Si](C)(C)C)C(=O)C3CC(c4ccc(N5CCN(C)CC5)cc4)=CC=C3[N+]([O-])=CC2=C1OC. The molecule has 5 amide bonds. The van der Waals surface area contributed by atoms with E-state index < -0.39 is 72.9 Å². The fourth-order valence-electron chi connectivity index (χ4n) is 12.1. The van der Waals surface area contributed by atoms with Crippen LogP contribution in [0.4, 0.5) is 16.2 Å². The zero-order valence-corrected chi connectivity index (χ0v) is 57.2. The quantitative estimate of drug-likeness (QED) is 0.0249. The molecule has 9 rings (SSSR count). The number of hydrogen-bond donors (Lipinski definition) is 3. The lowest BCUT2D eigenvalue weighted by Crippen LogP contribution is -2.51. The van der Waals surface area contributed by atoms with Crippen LogP contribution in [0.1, 0.15) is 51.2 Å². The number of fused-ring (bicyclic) bond motifs is 4. The molecular formula is C67H91N9O14Si2+2. The summed E-state index contributed by atoms with van der Waals surface area (Å²) in [6.45, 7) is 23.0. The molecule has 7 aliphatic rings. The van der Waals surface area contributed by atoms with Gasteiger partial charge in [0.1, 0.15) is 6.04 Å². The maximum atomic E-state index is 15.5. The number of rotatable bonds is 27. The summed E-state index contributed by atoms with van der Waals surface area (Å²) >= 11 is 0. The number of nitrogens with one attached hydrogen (secondary N) is 2. The monoisotopic (exact) mass is 1300 g/mol. The van der Waals surface area contributed by atoms with E-state index in [0.717, 1.165) is 71.0 Å². The number of ether oxygens (including phenoxy) is 7. The third-order valence-electron chi connectivity index (χ3n) is 17.6. The van der Waals surface area contributed by atoms with Gasteiger partial charge in [0.05, 0.1) is 40.6 Å². The number of carbonyl (C=O) groups excluding carboxylic acids is 5. The van der Waals surface area contributed by atoms with Crippen LogP contribution in [0.2, 0.25) is 51.4 Å². The molecule has 0 bridgehead atoms. The van der Waals surface area contributed by atoms with Gasteiger partial charge in [0.15, 0.2) is 43.8 Å². The number of nitrogens with zero attached hydrogens (tertiary/aromatic N) is 6. The highest BCUT2D eigenvalue weighted by molar-refractivity contribution is 6.76. The highest BCUT2D eigenvalue weighted by Crippen LogP contribution is 2.46. The zero-order valence-electron chi connectivity index (χ0n) is 55.2. The second kappa shape index (κ2) is 28.5. The third kappa shape index (κ3) is 15.3. The molecule has 494 valence electrons. The number of likely N-dealkylation sites (N-methyl/N-ethyl adjacent to an activating group) is 1. The van der Waals surface area contributed by atoms with Crippen molar-refractivity contribution in [3.8, 4) is 0 Å². The molecule has 5 aliphatic heterocycles. The van der Waals surface area contributed by atoms with Crippen LogP contribution in [0.25, 0.3) is 11.1 Å². The van der Waals surface area contributed by atoms with Gasteiger partial charge >= 0.3 is 17.9 Å². The summed E-state index contributed by atoms with van der Waals surface area (Å²) in [5, 5.41) is 34.0. The normalized spacial score (nSPS) is 23.1. The minimum absolute atomic E-state index is 0.0702. The van der Waals surface area contributed by atoms with E-state index in [1.165, 1.54) is 33.6 Å². The fraction of sp³-hybridized carbons (Fsp3) is 0.478. The van der Waals surface area contributed by atoms with Gasteiger partial charge in [-0.3, -0.25) is 9.59 Å². The number of hydroxylamine groups is 2. The first-order valence-corrected chi connectivity index (χ1v) is 39.0. The molecule has 0 aromatic heterocycles. The topological polar surface area (TPSA) is 259 Å². The number of methoxy groups -OCH3 is 2. The van der Waals surface area contributed by atoms with E-state index >= 15 is 9.59 Å². The maximum Gasteiger partial charge on any atom is 0.405 e. The lowest BCUT2D eigenvalue weighted by molar-refractivity contribution is -0.782. The van der Waals surface area contributed by atoms with Crippen LogP contribution in [0.5, 0.6) is 0 Å². The van der Waals surface area contributed by atoms with Gasteiger partial charge < -0.3 is 69.7 Å². The Kier molecular flexibility index (Phi) is 21.2. The molecule has 4 N–H and O–H groups in total. The van der Waals surface area contributed by atoms with Crippen LogP contribution in [0.15, 0.2) is 131 Å². The van der Waals surface area contributed by atoms with E-state index in [9.17, 15) is 24.8 Å². The Morgan fingerprint density at radius 3 is 1.54 bits per heavy atom. The summed E-state index contributed by atoms with van der Waals surface area (Å²) < 4.78 is 43.4. The van der Waals surface area contributed by atoms with Crippen molar-refractivity contribution in [2.45, 2.75) is 104 Å². The summed E-state index contributed by atoms with van der Waals surface area (Å²) in [4.78, 5) is 73.2. The molecular weight excluding hydrogens is 1210 g/mol. The number of piperazine rings is 1. The summed E-state index contributed by atoms with van der Waals surface area (Å²) in [6, 6.07) is 16.1. The molecule has 1 saturated heterocycles. The number of carbonyl (C=O) groups is 5. The number of quaternary nitrogens is 2. The van der Waals surface area contributed by atoms with Crippen molar-refractivity contribution in [2.24, 2.45) is 23.5 Å². The van der Waals surface area contributed by atoms with Gasteiger partial charge in [0.25, 0.3) is 17.3 Å². The first kappa shape index (κ1) is 68.5. The van der Waals surface area contributed by atoms with Crippen LogP contribution in [-0.2, 0) is 52.3 Å². The lowest BCUT2D eigenvalue weighted by atomic mass is 9.86. The Bertz CT molecular complexity index is 3510. The Balaban J connectivity index is 0.909. The van der Waals surface area contributed by atoms with Crippen molar-refractivity contribution in [2.75, 3.05) is 97.6 Å². The van der Waals surface area contributed by atoms with E-state index in [0.29, 0.717) is 47.9 Å². The molecule has 2 aromatic carbocycles. The van der Waals surface area contributed by atoms with Gasteiger partial charge in [0.2, 0.25) is 52.8 Å². The lowest BCUT2D eigenvalue weighted by Gasteiger charge is -2.34. The maximum absolute atomic E-state index is 15.5. The number of anilines is 2. The fourth-order valence-corrected chi connectivity index (χ4v) is 13.6. The first-order valence-electron chi connectivity index (χ1n) is 31.6. The highest BCUT2D eigenvalue weighted by atomic mass is 28.3. The standard InChI is InChI=1S/C67H89N9O14Si2/c1-44(2)60(90-67(68)81)64(78)69-45(3)63(77)70-50-20-14-46(15-21-50)48-18-24-54-52(36-48)65(79)75(42-86-32-34-91(7,8)9)40-58(61(84-5)56(75)38-73(54)82)88-30-13-31-89-59-41-76(43-87-33-35-92(10,11)12)57(62(59)85-6)39-74(83)55-25-19-49(37-53(55)66(76)80)47-16-22-51(23-17-47)72-28-26-71(4)27-29-72/h14-25,38-41,44-45,52-53,60H,13,26-37,42-43H2,1-12H3,(H2-2,68,69,70,77,78,81)/p+2. The first-order chi connectivity index (χ1) is 43.6. The van der Waals surface area contributed by atoms with Gasteiger partial charge in [-0.15, -0.1) is 0 Å². The Morgan fingerprint density at radius 1 is 0.663 bits per heavy atom. The molecule has 23 nitrogen and oxygen atoms in total. The number of primary amides is 1. The number of allylic oxidation sites excluding steroid dienone is 8. The molecule has 2 aromatic rings. The molecule has 25 heteroatoms. The Hall–Kier alpha value is -7.92. The molecule has 6 atom stereocenters. The van der Waals surface area contributed by atoms with Crippen molar-refractivity contribution in [1.29, 1.82) is 0 Å². The number of nitrogens with two attached hydrogens (primary N) is 1. The number of benzene rings is 2. The minimum atomic E-state index is -1.58. The molecule has 2 aliphatic carbocycles. The van der Waals surface area contributed by atoms with Crippen molar-refractivity contribution in [3.05, 3.63) is 153 Å². The second-order valence-electron chi connectivity index (χ2n) is 27.2. The van der Waals surface area contributed by atoms with Crippen molar-refractivity contribution in [1.82, 2.24) is 10.2 Å². The van der Waals surface area contributed by atoms with Gasteiger partial charge in [-0.2, -0.15) is 18.4 Å². The van der Waals surface area contributed by atoms with Gasteiger partial charge in [-0.1, -0.05) is 89.5 Å². The molecule has 0 saturated carbocycles. The summed E-state index contributed by atoms with van der Waals surface area (Å²) in [6.07, 6.45) is 11.8. The molecule has 0 spiro atoms. The van der Waals surface area contributed by atoms with Crippen LogP contribution < -0.4 is 21.3 Å². The Labute approximate surface area is 541 Å². The van der Waals surface area contributed by atoms with Crippen LogP contribution >= 0.6 is 0 Å². The number of amides is 5. The van der Waals surface area contributed by atoms with E-state index in [1.807, 2.05) is 6.08 Å². The molecule has 5 heterocycles. The van der Waals surface area contributed by atoms with Crippen LogP contribution in [0, 0.1) is 28.2 Å². The predicted octanol–water partition coefficient (Wildman–Crippen LogP) is 8.63. The highest BCUT2D eigenvalue weighted by Gasteiger charge is 2.59. The van der Waals surface area contributed by atoms with Gasteiger partial charge in [-0.25, -0.2) is 14.4 Å². The van der Waals surface area contributed by atoms with E-state index in [4.69, 9.17) is 38.9 Å². The second-order valence-corrected chi connectivity index (χ2v) is 38.5. The van der Waals surface area contributed by atoms with E-state index in [1.54, 1.807) is 68.7 Å². The van der Waals surface area contributed by atoms with Gasteiger partial charge in [-0.05, 0) is 91.4 Å². The van der Waals surface area contributed by atoms with Crippen LogP contribution in [0.3, 0.4) is 0 Å². The largest absolute Gasteiger partial charge is 0.618 e. The van der Waals surface area contributed by atoms with Gasteiger partial charge in [0, 0.05) is 72.3 Å². The van der Waals surface area contributed by atoms with Crippen molar-refractivity contribution < 1.29 is 75.6 Å². The molecule has 92 heavy (non-hydrogen) atoms.